The molecular weight excluding hydrogens is 283 g/mol. The van der Waals surface area contributed by atoms with E-state index in [2.05, 4.69) is 10.2 Å². The Morgan fingerprint density at radius 1 is 1.05 bits per heavy atom. The predicted octanol–water partition coefficient (Wildman–Crippen LogP) is 4.02. The van der Waals surface area contributed by atoms with Gasteiger partial charge < -0.3 is 9.15 Å². The van der Waals surface area contributed by atoms with Crippen molar-refractivity contribution in [2.75, 3.05) is 0 Å². The molecule has 0 atom stereocenters. The molecule has 4 nitrogen and oxygen atoms in total. The summed E-state index contributed by atoms with van der Waals surface area (Å²) >= 11 is 0. The van der Waals surface area contributed by atoms with Crippen molar-refractivity contribution in [3.8, 4) is 17.2 Å². The van der Waals surface area contributed by atoms with Gasteiger partial charge in [0.15, 0.2) is 0 Å². The summed E-state index contributed by atoms with van der Waals surface area (Å²) in [5.41, 5.74) is 1.35. The monoisotopic (exact) mass is 298 g/mol. The summed E-state index contributed by atoms with van der Waals surface area (Å²) in [6, 6.07) is 13.8. The fraction of sp³-hybridized carbons (Fsp3) is 0.176. The second kappa shape index (κ2) is 6.39. The van der Waals surface area contributed by atoms with Crippen LogP contribution in [0.1, 0.15) is 18.4 Å². The Morgan fingerprint density at radius 2 is 1.82 bits per heavy atom. The van der Waals surface area contributed by atoms with Crippen LogP contribution < -0.4 is 4.74 Å². The normalized spacial score (nSPS) is 10.6. The number of hydrogen-bond acceptors (Lipinski definition) is 4. The minimum Gasteiger partial charge on any atom is -0.489 e. The maximum Gasteiger partial charge on any atom is 0.247 e. The summed E-state index contributed by atoms with van der Waals surface area (Å²) in [5.74, 6) is 1.48. The second-order valence-corrected chi connectivity index (χ2v) is 4.76. The van der Waals surface area contributed by atoms with Crippen LogP contribution in [-0.4, -0.2) is 10.2 Å². The molecule has 0 aliphatic heterocycles. The van der Waals surface area contributed by atoms with E-state index in [1.807, 2.05) is 19.1 Å². The SMILES string of the molecule is CCc1nnc(-c2ccc(OCc3ccccc3F)cc2)o1. The van der Waals surface area contributed by atoms with Gasteiger partial charge in [-0.05, 0) is 30.3 Å². The van der Waals surface area contributed by atoms with Crippen LogP contribution in [0.3, 0.4) is 0 Å². The van der Waals surface area contributed by atoms with E-state index in [0.29, 0.717) is 29.5 Å². The van der Waals surface area contributed by atoms with Crippen LogP contribution in [0, 0.1) is 5.82 Å². The number of hydrogen-bond donors (Lipinski definition) is 0. The van der Waals surface area contributed by atoms with E-state index in [9.17, 15) is 4.39 Å². The van der Waals surface area contributed by atoms with Gasteiger partial charge in [-0.3, -0.25) is 0 Å². The zero-order valence-corrected chi connectivity index (χ0v) is 12.1. The van der Waals surface area contributed by atoms with Crippen LogP contribution in [-0.2, 0) is 13.0 Å². The molecule has 0 saturated heterocycles. The molecule has 1 aromatic heterocycles. The van der Waals surface area contributed by atoms with E-state index in [1.165, 1.54) is 6.07 Å². The Kier molecular flexibility index (Phi) is 4.14. The Hall–Kier alpha value is -2.69. The van der Waals surface area contributed by atoms with Crippen molar-refractivity contribution in [1.82, 2.24) is 10.2 Å². The summed E-state index contributed by atoms with van der Waals surface area (Å²) in [6.07, 6.45) is 0.705. The number of nitrogens with zero attached hydrogens (tertiary/aromatic N) is 2. The van der Waals surface area contributed by atoms with E-state index in [4.69, 9.17) is 9.15 Å². The Bertz CT molecular complexity index is 753. The van der Waals surface area contributed by atoms with Crippen LogP contribution in [0.5, 0.6) is 5.75 Å². The Morgan fingerprint density at radius 3 is 2.50 bits per heavy atom. The summed E-state index contributed by atoms with van der Waals surface area (Å²) in [7, 11) is 0. The first kappa shape index (κ1) is 14.3. The van der Waals surface area contributed by atoms with Gasteiger partial charge >= 0.3 is 0 Å². The number of rotatable bonds is 5. The highest BCUT2D eigenvalue weighted by atomic mass is 19.1. The van der Waals surface area contributed by atoms with Gasteiger partial charge in [-0.2, -0.15) is 0 Å². The van der Waals surface area contributed by atoms with Gasteiger partial charge in [0.25, 0.3) is 0 Å². The highest BCUT2D eigenvalue weighted by molar-refractivity contribution is 5.53. The summed E-state index contributed by atoms with van der Waals surface area (Å²) < 4.78 is 24.6. The van der Waals surface area contributed by atoms with Crippen molar-refractivity contribution in [2.45, 2.75) is 20.0 Å². The molecule has 3 rings (SSSR count). The van der Waals surface area contributed by atoms with E-state index in [0.717, 1.165) is 5.56 Å². The molecule has 0 saturated carbocycles. The molecule has 0 aliphatic rings. The number of ether oxygens (including phenoxy) is 1. The van der Waals surface area contributed by atoms with Crippen molar-refractivity contribution < 1.29 is 13.5 Å². The smallest absolute Gasteiger partial charge is 0.247 e. The quantitative estimate of drug-likeness (QED) is 0.714. The van der Waals surface area contributed by atoms with Crippen molar-refractivity contribution in [3.63, 3.8) is 0 Å². The van der Waals surface area contributed by atoms with Crippen LogP contribution in [0.4, 0.5) is 4.39 Å². The average Bonchev–Trinajstić information content (AvgIpc) is 3.04. The number of halogens is 1. The van der Waals surface area contributed by atoms with E-state index in [-0.39, 0.29) is 12.4 Å². The van der Waals surface area contributed by atoms with Crippen molar-refractivity contribution in [2.24, 2.45) is 0 Å². The van der Waals surface area contributed by atoms with Crippen molar-refractivity contribution in [1.29, 1.82) is 0 Å². The molecule has 0 N–H and O–H groups in total. The lowest BCUT2D eigenvalue weighted by Gasteiger charge is -2.07. The van der Waals surface area contributed by atoms with Gasteiger partial charge in [0.2, 0.25) is 11.8 Å². The summed E-state index contributed by atoms with van der Waals surface area (Å²) in [6.45, 7) is 2.14. The third-order valence-electron chi connectivity index (χ3n) is 3.22. The lowest BCUT2D eigenvalue weighted by atomic mass is 10.2. The van der Waals surface area contributed by atoms with Crippen molar-refractivity contribution >= 4 is 0 Å². The van der Waals surface area contributed by atoms with Crippen LogP contribution in [0.15, 0.2) is 52.9 Å². The summed E-state index contributed by atoms with van der Waals surface area (Å²) in [4.78, 5) is 0. The van der Waals surface area contributed by atoms with Gasteiger partial charge in [-0.15, -0.1) is 10.2 Å². The molecule has 0 unspecified atom stereocenters. The molecule has 0 fully saturated rings. The predicted molar refractivity (Wildman–Crippen MR) is 79.8 cm³/mol. The van der Waals surface area contributed by atoms with E-state index >= 15 is 0 Å². The van der Waals surface area contributed by atoms with Gasteiger partial charge in [-0.25, -0.2) is 4.39 Å². The zero-order chi connectivity index (χ0) is 15.4. The minimum atomic E-state index is -0.267. The molecular formula is C17H15FN2O2. The first-order valence-electron chi connectivity index (χ1n) is 7.05. The Labute approximate surface area is 127 Å². The number of aromatic nitrogens is 2. The number of aryl methyl sites for hydroxylation is 1. The second-order valence-electron chi connectivity index (χ2n) is 4.76. The molecule has 0 aliphatic carbocycles. The largest absolute Gasteiger partial charge is 0.489 e. The average molecular weight is 298 g/mol. The number of benzene rings is 2. The minimum absolute atomic E-state index is 0.187. The third kappa shape index (κ3) is 3.14. The topological polar surface area (TPSA) is 48.2 Å². The molecule has 0 bridgehead atoms. The van der Waals surface area contributed by atoms with Crippen LogP contribution >= 0.6 is 0 Å². The van der Waals surface area contributed by atoms with Gasteiger partial charge in [0.05, 0.1) is 0 Å². The summed E-state index contributed by atoms with van der Waals surface area (Å²) in [5, 5.41) is 7.91. The first-order chi connectivity index (χ1) is 10.8. The highest BCUT2D eigenvalue weighted by Gasteiger charge is 2.07. The highest BCUT2D eigenvalue weighted by Crippen LogP contribution is 2.22. The van der Waals surface area contributed by atoms with Crippen molar-refractivity contribution in [3.05, 3.63) is 65.8 Å². The Balaban J connectivity index is 1.68. The van der Waals surface area contributed by atoms with Gasteiger partial charge in [0.1, 0.15) is 18.2 Å². The molecule has 0 radical (unpaired) electrons. The lowest BCUT2D eigenvalue weighted by molar-refractivity contribution is 0.300. The molecule has 3 aromatic rings. The molecule has 2 aromatic carbocycles. The molecule has 112 valence electrons. The standard InChI is InChI=1S/C17H15FN2O2/c1-2-16-19-20-17(22-16)12-7-9-14(10-8-12)21-11-13-5-3-4-6-15(13)18/h3-10H,2,11H2,1H3. The maximum absolute atomic E-state index is 13.5. The third-order valence-corrected chi connectivity index (χ3v) is 3.22. The van der Waals surface area contributed by atoms with Crippen LogP contribution in [0.25, 0.3) is 11.5 Å². The zero-order valence-electron chi connectivity index (χ0n) is 12.1. The molecule has 0 spiro atoms. The molecule has 22 heavy (non-hydrogen) atoms. The van der Waals surface area contributed by atoms with Gasteiger partial charge in [-0.1, -0.05) is 25.1 Å². The molecule has 1 heterocycles. The molecule has 5 heteroatoms. The van der Waals surface area contributed by atoms with E-state index in [1.54, 1.807) is 30.3 Å². The first-order valence-corrected chi connectivity index (χ1v) is 7.05. The lowest BCUT2D eigenvalue weighted by Crippen LogP contribution is -1.98. The fourth-order valence-corrected chi connectivity index (χ4v) is 1.98. The van der Waals surface area contributed by atoms with Crippen LogP contribution in [0.2, 0.25) is 0 Å². The van der Waals surface area contributed by atoms with E-state index < -0.39 is 0 Å². The molecule has 0 amide bonds. The van der Waals surface area contributed by atoms with Gasteiger partial charge in [0, 0.05) is 17.5 Å². The fourth-order valence-electron chi connectivity index (χ4n) is 1.98. The maximum atomic E-state index is 13.5.